The number of hydrogen-bond donors (Lipinski definition) is 1. The van der Waals surface area contributed by atoms with Gasteiger partial charge in [0.05, 0.1) is 5.92 Å². The second-order valence-corrected chi connectivity index (χ2v) is 6.96. The summed E-state index contributed by atoms with van der Waals surface area (Å²) < 4.78 is 0. The Morgan fingerprint density at radius 1 is 1.08 bits per heavy atom. The van der Waals surface area contributed by atoms with E-state index in [-0.39, 0.29) is 11.8 Å². The summed E-state index contributed by atoms with van der Waals surface area (Å²) in [5.41, 5.74) is 2.54. The third-order valence-electron chi connectivity index (χ3n) is 5.38. The highest BCUT2D eigenvalue weighted by atomic mass is 16.1. The predicted octanol–water partition coefficient (Wildman–Crippen LogP) is 1.44. The fraction of sp³-hybridized carbons (Fsp3) is 0.450. The monoisotopic (exact) mass is 351 g/mol. The van der Waals surface area contributed by atoms with Crippen molar-refractivity contribution in [2.45, 2.75) is 18.8 Å². The van der Waals surface area contributed by atoms with Gasteiger partial charge in [-0.3, -0.25) is 9.69 Å². The van der Waals surface area contributed by atoms with Crippen LogP contribution in [0.25, 0.3) is 0 Å². The van der Waals surface area contributed by atoms with Crippen molar-refractivity contribution in [1.29, 1.82) is 0 Å². The van der Waals surface area contributed by atoms with Crippen molar-refractivity contribution in [1.82, 2.24) is 20.2 Å². The summed E-state index contributed by atoms with van der Waals surface area (Å²) >= 11 is 0. The predicted molar refractivity (Wildman–Crippen MR) is 101 cm³/mol. The molecule has 0 radical (unpaired) electrons. The minimum absolute atomic E-state index is 0.0262. The van der Waals surface area contributed by atoms with Crippen molar-refractivity contribution in [3.8, 4) is 0 Å². The molecule has 1 fully saturated rings. The van der Waals surface area contributed by atoms with E-state index < -0.39 is 0 Å². The topological polar surface area (TPSA) is 61.4 Å². The zero-order valence-corrected chi connectivity index (χ0v) is 15.0. The number of carbonyl (C=O) groups is 1. The molecule has 0 saturated carbocycles. The smallest absolute Gasteiger partial charge is 0.227 e. The van der Waals surface area contributed by atoms with E-state index in [4.69, 9.17) is 0 Å². The van der Waals surface area contributed by atoms with Crippen LogP contribution in [-0.4, -0.2) is 60.0 Å². The van der Waals surface area contributed by atoms with Gasteiger partial charge in [0, 0.05) is 51.7 Å². The van der Waals surface area contributed by atoms with Gasteiger partial charge >= 0.3 is 0 Å². The first-order valence-corrected chi connectivity index (χ1v) is 9.41. The van der Waals surface area contributed by atoms with Gasteiger partial charge in [-0.2, -0.15) is 0 Å². The van der Waals surface area contributed by atoms with Crippen LogP contribution in [0, 0.1) is 0 Å². The lowest BCUT2D eigenvalue weighted by atomic mass is 10.0. The SMILES string of the molecule is O=C(NCCN1CCN(c2ncccn2)CC1)[C@@H]1CCc2ccccc21. The third-order valence-corrected chi connectivity index (χ3v) is 5.38. The molecule has 1 saturated heterocycles. The van der Waals surface area contributed by atoms with Crippen LogP contribution in [-0.2, 0) is 11.2 Å². The van der Waals surface area contributed by atoms with Crippen molar-refractivity contribution in [2.75, 3.05) is 44.2 Å². The summed E-state index contributed by atoms with van der Waals surface area (Å²) in [4.78, 5) is 25.8. The molecule has 6 heteroatoms. The summed E-state index contributed by atoms with van der Waals surface area (Å²) in [6, 6.07) is 10.2. The molecular formula is C20H25N5O. The van der Waals surface area contributed by atoms with Crippen molar-refractivity contribution in [2.24, 2.45) is 0 Å². The number of rotatable bonds is 5. The number of nitrogens with zero attached hydrogens (tertiary/aromatic N) is 4. The lowest BCUT2D eigenvalue weighted by Crippen LogP contribution is -2.49. The number of benzene rings is 1. The minimum Gasteiger partial charge on any atom is -0.354 e. The number of fused-ring (bicyclic) bond motifs is 1. The Bertz CT molecular complexity index is 743. The average molecular weight is 351 g/mol. The van der Waals surface area contributed by atoms with Gasteiger partial charge in [0.1, 0.15) is 0 Å². The lowest BCUT2D eigenvalue weighted by molar-refractivity contribution is -0.122. The van der Waals surface area contributed by atoms with E-state index in [1.807, 2.05) is 12.1 Å². The van der Waals surface area contributed by atoms with E-state index >= 15 is 0 Å². The van der Waals surface area contributed by atoms with Crippen molar-refractivity contribution in [3.63, 3.8) is 0 Å². The number of nitrogens with one attached hydrogen (secondary N) is 1. The van der Waals surface area contributed by atoms with E-state index in [0.29, 0.717) is 6.54 Å². The van der Waals surface area contributed by atoms with Gasteiger partial charge < -0.3 is 10.2 Å². The van der Waals surface area contributed by atoms with Gasteiger partial charge in [0.15, 0.2) is 0 Å². The first kappa shape index (κ1) is 17.0. The highest BCUT2D eigenvalue weighted by Gasteiger charge is 2.28. The van der Waals surface area contributed by atoms with E-state index in [0.717, 1.165) is 51.5 Å². The quantitative estimate of drug-likeness (QED) is 0.883. The fourth-order valence-corrected chi connectivity index (χ4v) is 3.92. The lowest BCUT2D eigenvalue weighted by Gasteiger charge is -2.34. The first-order chi connectivity index (χ1) is 12.8. The van der Waals surface area contributed by atoms with Crippen LogP contribution in [0.3, 0.4) is 0 Å². The summed E-state index contributed by atoms with van der Waals surface area (Å²) in [5, 5.41) is 3.14. The van der Waals surface area contributed by atoms with Crippen LogP contribution in [0.1, 0.15) is 23.5 Å². The Kier molecular flexibility index (Phi) is 5.11. The second kappa shape index (κ2) is 7.83. The molecule has 2 aromatic rings. The molecule has 1 atom stereocenters. The molecule has 0 spiro atoms. The van der Waals surface area contributed by atoms with Crippen molar-refractivity contribution in [3.05, 3.63) is 53.9 Å². The molecule has 2 aliphatic rings. The highest BCUT2D eigenvalue weighted by molar-refractivity contribution is 5.84. The molecule has 1 N–H and O–H groups in total. The molecule has 2 heterocycles. The Hall–Kier alpha value is -2.47. The molecule has 136 valence electrons. The summed E-state index contributed by atoms with van der Waals surface area (Å²) in [5.74, 6) is 1.00. The van der Waals surface area contributed by atoms with E-state index in [2.05, 4.69) is 43.3 Å². The minimum atomic E-state index is 0.0262. The standard InChI is InChI=1S/C20H25N5O/c26-19(18-7-6-16-4-1-2-5-17(16)18)21-10-11-24-12-14-25(15-13-24)20-22-8-3-9-23-20/h1-5,8-9,18H,6-7,10-15H2,(H,21,26)/t18-/m1/s1. The molecule has 1 aromatic carbocycles. The van der Waals surface area contributed by atoms with Gasteiger partial charge in [-0.15, -0.1) is 0 Å². The molecule has 4 rings (SSSR count). The molecule has 0 unspecified atom stereocenters. The van der Waals surface area contributed by atoms with E-state index in [1.165, 1.54) is 11.1 Å². The van der Waals surface area contributed by atoms with Gasteiger partial charge in [-0.25, -0.2) is 9.97 Å². The number of hydrogen-bond acceptors (Lipinski definition) is 5. The molecular weight excluding hydrogens is 326 g/mol. The second-order valence-electron chi connectivity index (χ2n) is 6.96. The molecule has 0 bridgehead atoms. The average Bonchev–Trinajstić information content (AvgIpc) is 3.13. The molecule has 26 heavy (non-hydrogen) atoms. The van der Waals surface area contributed by atoms with E-state index in [1.54, 1.807) is 12.4 Å². The van der Waals surface area contributed by atoms with Gasteiger partial charge in [-0.05, 0) is 30.0 Å². The molecule has 1 amide bonds. The van der Waals surface area contributed by atoms with Crippen LogP contribution in [0.2, 0.25) is 0 Å². The fourth-order valence-electron chi connectivity index (χ4n) is 3.92. The number of aryl methyl sites for hydroxylation is 1. The Balaban J connectivity index is 1.21. The first-order valence-electron chi connectivity index (χ1n) is 9.41. The molecule has 6 nitrogen and oxygen atoms in total. The normalized spacial score (nSPS) is 20.0. The third kappa shape index (κ3) is 3.70. The number of amides is 1. The van der Waals surface area contributed by atoms with Crippen LogP contribution in [0.15, 0.2) is 42.7 Å². The van der Waals surface area contributed by atoms with Crippen LogP contribution in [0.4, 0.5) is 5.95 Å². The molecule has 1 aliphatic heterocycles. The number of aromatic nitrogens is 2. The number of anilines is 1. The number of carbonyl (C=O) groups excluding carboxylic acids is 1. The highest BCUT2D eigenvalue weighted by Crippen LogP contribution is 2.32. The maximum Gasteiger partial charge on any atom is 0.227 e. The van der Waals surface area contributed by atoms with Crippen LogP contribution in [0.5, 0.6) is 0 Å². The zero-order chi connectivity index (χ0) is 17.8. The van der Waals surface area contributed by atoms with Crippen LogP contribution >= 0.6 is 0 Å². The summed E-state index contributed by atoms with van der Waals surface area (Å²) in [6.07, 6.45) is 5.51. The Morgan fingerprint density at radius 3 is 2.65 bits per heavy atom. The Labute approximate surface area is 154 Å². The van der Waals surface area contributed by atoms with E-state index in [9.17, 15) is 4.79 Å². The summed E-state index contributed by atoms with van der Waals surface area (Å²) in [6.45, 7) is 5.39. The van der Waals surface area contributed by atoms with Crippen LogP contribution < -0.4 is 10.2 Å². The zero-order valence-electron chi connectivity index (χ0n) is 15.0. The van der Waals surface area contributed by atoms with Crippen molar-refractivity contribution >= 4 is 11.9 Å². The maximum atomic E-state index is 12.5. The van der Waals surface area contributed by atoms with Gasteiger partial charge in [-0.1, -0.05) is 24.3 Å². The van der Waals surface area contributed by atoms with Gasteiger partial charge in [0.25, 0.3) is 0 Å². The Morgan fingerprint density at radius 2 is 1.85 bits per heavy atom. The maximum absolute atomic E-state index is 12.5. The number of piperazine rings is 1. The summed E-state index contributed by atoms with van der Waals surface area (Å²) in [7, 11) is 0. The van der Waals surface area contributed by atoms with Crippen molar-refractivity contribution < 1.29 is 4.79 Å². The molecule has 1 aromatic heterocycles. The largest absolute Gasteiger partial charge is 0.354 e. The molecule has 1 aliphatic carbocycles. The van der Waals surface area contributed by atoms with Gasteiger partial charge in [0.2, 0.25) is 11.9 Å².